The van der Waals surface area contributed by atoms with Crippen LogP contribution in [0.4, 0.5) is 0 Å². The summed E-state index contributed by atoms with van der Waals surface area (Å²) in [6.07, 6.45) is 10.6. The Morgan fingerprint density at radius 3 is 2.44 bits per heavy atom. The van der Waals surface area contributed by atoms with Crippen molar-refractivity contribution in [3.63, 3.8) is 0 Å². The lowest BCUT2D eigenvalue weighted by Gasteiger charge is -2.43. The molecule has 0 radical (unpaired) electrons. The Bertz CT molecular complexity index is 368. The van der Waals surface area contributed by atoms with Gasteiger partial charge in [0.25, 0.3) is 0 Å². The van der Waals surface area contributed by atoms with E-state index in [9.17, 15) is 8.42 Å². The van der Waals surface area contributed by atoms with E-state index < -0.39 is 9.84 Å². The standard InChI is InChI=1S/C14H27NO2S/c1-3-14(8-5-9-14)11-15-12-6-4-7-13(10-12)18(2,16)17/h12-13,15H,3-11H2,1-2H3. The molecule has 2 unspecified atom stereocenters. The lowest BCUT2D eigenvalue weighted by atomic mass is 9.67. The summed E-state index contributed by atoms with van der Waals surface area (Å²) in [5.41, 5.74) is 0.526. The Balaban J connectivity index is 1.83. The van der Waals surface area contributed by atoms with E-state index in [1.807, 2.05) is 0 Å². The first-order chi connectivity index (χ1) is 8.45. The predicted octanol–water partition coefficient (Wildman–Crippen LogP) is 2.51. The highest BCUT2D eigenvalue weighted by atomic mass is 32.2. The molecule has 0 aromatic rings. The summed E-state index contributed by atoms with van der Waals surface area (Å²) in [4.78, 5) is 0. The van der Waals surface area contributed by atoms with Crippen LogP contribution in [-0.4, -0.2) is 32.5 Å². The summed E-state index contributed by atoms with van der Waals surface area (Å²) in [5.74, 6) is 0. The Morgan fingerprint density at radius 1 is 1.22 bits per heavy atom. The van der Waals surface area contributed by atoms with Crippen molar-refractivity contribution in [2.24, 2.45) is 5.41 Å². The third kappa shape index (κ3) is 3.27. The highest BCUT2D eigenvalue weighted by molar-refractivity contribution is 7.91. The number of sulfone groups is 1. The van der Waals surface area contributed by atoms with Gasteiger partial charge in [-0.2, -0.15) is 0 Å². The second-order valence-corrected chi connectivity index (χ2v) is 8.73. The van der Waals surface area contributed by atoms with Crippen LogP contribution in [0.15, 0.2) is 0 Å². The first kappa shape index (κ1) is 14.3. The van der Waals surface area contributed by atoms with Gasteiger partial charge in [0, 0.05) is 18.8 Å². The van der Waals surface area contributed by atoms with E-state index in [1.54, 1.807) is 0 Å². The summed E-state index contributed by atoms with van der Waals surface area (Å²) >= 11 is 0. The van der Waals surface area contributed by atoms with Gasteiger partial charge in [0.15, 0.2) is 0 Å². The van der Waals surface area contributed by atoms with Gasteiger partial charge in [0.2, 0.25) is 0 Å². The maximum atomic E-state index is 11.6. The zero-order chi connectivity index (χ0) is 13.2. The summed E-state index contributed by atoms with van der Waals surface area (Å²) in [6, 6.07) is 0.419. The molecule has 106 valence electrons. The molecule has 2 fully saturated rings. The Morgan fingerprint density at radius 2 is 1.94 bits per heavy atom. The fourth-order valence-electron chi connectivity index (χ4n) is 3.41. The summed E-state index contributed by atoms with van der Waals surface area (Å²) in [6.45, 7) is 3.37. The first-order valence-electron chi connectivity index (χ1n) is 7.37. The Hall–Kier alpha value is -0.0900. The fourth-order valence-corrected chi connectivity index (χ4v) is 4.59. The molecule has 3 nitrogen and oxygen atoms in total. The van der Waals surface area contributed by atoms with Crippen LogP contribution in [0.1, 0.15) is 58.3 Å². The smallest absolute Gasteiger partial charge is 0.150 e. The van der Waals surface area contributed by atoms with Crippen molar-refractivity contribution in [2.45, 2.75) is 69.6 Å². The van der Waals surface area contributed by atoms with E-state index in [0.29, 0.717) is 11.5 Å². The predicted molar refractivity (Wildman–Crippen MR) is 75.5 cm³/mol. The molecule has 0 aromatic heterocycles. The zero-order valence-corrected chi connectivity index (χ0v) is 12.6. The first-order valence-corrected chi connectivity index (χ1v) is 9.33. The topological polar surface area (TPSA) is 46.2 Å². The Kier molecular flexibility index (Phi) is 4.37. The second-order valence-electron chi connectivity index (χ2n) is 6.40. The third-order valence-corrected chi connectivity index (χ3v) is 6.80. The highest BCUT2D eigenvalue weighted by Gasteiger charge is 2.36. The van der Waals surface area contributed by atoms with Gasteiger partial charge in [0.1, 0.15) is 9.84 Å². The van der Waals surface area contributed by atoms with Gasteiger partial charge in [-0.1, -0.05) is 19.8 Å². The number of rotatable bonds is 5. The van der Waals surface area contributed by atoms with Crippen molar-refractivity contribution in [2.75, 3.05) is 12.8 Å². The van der Waals surface area contributed by atoms with Crippen molar-refractivity contribution in [3.05, 3.63) is 0 Å². The van der Waals surface area contributed by atoms with Crippen molar-refractivity contribution >= 4 is 9.84 Å². The maximum absolute atomic E-state index is 11.6. The van der Waals surface area contributed by atoms with Gasteiger partial charge in [-0.05, 0) is 43.9 Å². The van der Waals surface area contributed by atoms with Gasteiger partial charge in [0.05, 0.1) is 5.25 Å². The molecule has 2 rings (SSSR count). The van der Waals surface area contributed by atoms with Crippen molar-refractivity contribution < 1.29 is 8.42 Å². The molecule has 0 bridgehead atoms. The fraction of sp³-hybridized carbons (Fsp3) is 1.00. The van der Waals surface area contributed by atoms with Crippen LogP contribution in [0.3, 0.4) is 0 Å². The van der Waals surface area contributed by atoms with E-state index in [-0.39, 0.29) is 5.25 Å². The Labute approximate surface area is 112 Å². The molecular weight excluding hydrogens is 246 g/mol. The van der Waals surface area contributed by atoms with Gasteiger partial charge in [-0.15, -0.1) is 0 Å². The summed E-state index contributed by atoms with van der Waals surface area (Å²) in [7, 11) is -2.85. The van der Waals surface area contributed by atoms with Crippen LogP contribution in [0.25, 0.3) is 0 Å². The van der Waals surface area contributed by atoms with Gasteiger partial charge >= 0.3 is 0 Å². The molecule has 2 aliphatic rings. The third-order valence-electron chi connectivity index (χ3n) is 5.16. The second kappa shape index (κ2) is 5.49. The van der Waals surface area contributed by atoms with Crippen molar-refractivity contribution in [1.29, 1.82) is 0 Å². The molecule has 1 N–H and O–H groups in total. The van der Waals surface area contributed by atoms with Crippen LogP contribution >= 0.6 is 0 Å². The number of hydrogen-bond donors (Lipinski definition) is 1. The molecule has 0 aromatic carbocycles. The van der Waals surface area contributed by atoms with E-state index >= 15 is 0 Å². The van der Waals surface area contributed by atoms with E-state index in [2.05, 4.69) is 12.2 Å². The molecule has 0 amide bonds. The van der Waals surface area contributed by atoms with Crippen molar-refractivity contribution in [1.82, 2.24) is 5.32 Å². The molecule has 0 heterocycles. The van der Waals surface area contributed by atoms with Crippen LogP contribution in [0.5, 0.6) is 0 Å². The molecule has 4 heteroatoms. The average molecular weight is 273 g/mol. The maximum Gasteiger partial charge on any atom is 0.150 e. The summed E-state index contributed by atoms with van der Waals surface area (Å²) in [5, 5.41) is 3.54. The number of nitrogens with one attached hydrogen (secondary N) is 1. The lowest BCUT2D eigenvalue weighted by Crippen LogP contribution is -2.46. The van der Waals surface area contributed by atoms with Crippen LogP contribution in [0, 0.1) is 5.41 Å². The van der Waals surface area contributed by atoms with Crippen LogP contribution in [0.2, 0.25) is 0 Å². The molecule has 0 spiro atoms. The zero-order valence-electron chi connectivity index (χ0n) is 11.7. The number of hydrogen-bond acceptors (Lipinski definition) is 3. The molecule has 2 saturated carbocycles. The van der Waals surface area contributed by atoms with Crippen LogP contribution in [-0.2, 0) is 9.84 Å². The normalized spacial score (nSPS) is 31.9. The largest absolute Gasteiger partial charge is 0.313 e. The summed E-state index contributed by atoms with van der Waals surface area (Å²) < 4.78 is 23.3. The highest BCUT2D eigenvalue weighted by Crippen LogP contribution is 2.43. The monoisotopic (exact) mass is 273 g/mol. The molecule has 2 atom stereocenters. The van der Waals surface area contributed by atoms with Gasteiger partial charge in [-0.3, -0.25) is 0 Å². The molecular formula is C14H27NO2S. The molecule has 0 saturated heterocycles. The average Bonchev–Trinajstić information content (AvgIpc) is 2.27. The minimum atomic E-state index is -2.85. The SMILES string of the molecule is CCC1(CNC2CCCC(S(C)(=O)=O)C2)CCC1. The van der Waals surface area contributed by atoms with E-state index in [0.717, 1.165) is 32.2 Å². The van der Waals surface area contributed by atoms with Gasteiger partial charge in [-0.25, -0.2) is 8.42 Å². The minimum Gasteiger partial charge on any atom is -0.313 e. The van der Waals surface area contributed by atoms with Gasteiger partial charge < -0.3 is 5.32 Å². The van der Waals surface area contributed by atoms with E-state index in [1.165, 1.54) is 31.9 Å². The molecule has 2 aliphatic carbocycles. The minimum absolute atomic E-state index is 0.109. The van der Waals surface area contributed by atoms with Crippen molar-refractivity contribution in [3.8, 4) is 0 Å². The lowest BCUT2D eigenvalue weighted by molar-refractivity contribution is 0.116. The molecule has 0 aliphatic heterocycles. The van der Waals surface area contributed by atoms with Crippen LogP contribution < -0.4 is 5.32 Å². The molecule has 18 heavy (non-hydrogen) atoms. The van der Waals surface area contributed by atoms with E-state index in [4.69, 9.17) is 0 Å². The quantitative estimate of drug-likeness (QED) is 0.837.